The molecule has 0 radical (unpaired) electrons. The molecule has 74 valence electrons. The average molecular weight is 173 g/mol. The molecule has 1 rings (SSSR count). The van der Waals surface area contributed by atoms with Crippen molar-refractivity contribution < 1.29 is 11.2 Å². The lowest BCUT2D eigenvalue weighted by Gasteiger charge is -2.41. The van der Waals surface area contributed by atoms with E-state index in [2.05, 4.69) is 26.5 Å². The maximum atomic E-state index is 4.27. The molecule has 0 unspecified atom stereocenters. The SMILES string of the molecule is CC(C)([NH3+])C1(C)CCCCC1.[OH-]. The molecule has 0 heterocycles. The van der Waals surface area contributed by atoms with Crippen molar-refractivity contribution in [3.63, 3.8) is 0 Å². The fraction of sp³-hybridized carbons (Fsp3) is 1.00. The molecule has 0 aromatic carbocycles. The third-order valence-corrected chi connectivity index (χ3v) is 3.59. The van der Waals surface area contributed by atoms with Crippen molar-refractivity contribution >= 4 is 0 Å². The van der Waals surface area contributed by atoms with Crippen LogP contribution in [-0.2, 0) is 0 Å². The Hall–Kier alpha value is -0.0800. The summed E-state index contributed by atoms with van der Waals surface area (Å²) in [5, 5.41) is 0. The Labute approximate surface area is 75.8 Å². The molecule has 0 bridgehead atoms. The zero-order valence-corrected chi connectivity index (χ0v) is 8.69. The van der Waals surface area contributed by atoms with Crippen LogP contribution >= 0.6 is 0 Å². The van der Waals surface area contributed by atoms with E-state index < -0.39 is 0 Å². The summed E-state index contributed by atoms with van der Waals surface area (Å²) in [5.41, 5.74) is 5.03. The van der Waals surface area contributed by atoms with E-state index in [0.717, 1.165) is 0 Å². The lowest BCUT2D eigenvalue weighted by Crippen LogP contribution is -2.76. The predicted octanol–water partition coefficient (Wildman–Crippen LogP) is 1.80. The second-order valence-corrected chi connectivity index (χ2v) is 5.01. The molecule has 0 amide bonds. The van der Waals surface area contributed by atoms with E-state index >= 15 is 0 Å². The summed E-state index contributed by atoms with van der Waals surface area (Å²) in [4.78, 5) is 0. The van der Waals surface area contributed by atoms with Crippen molar-refractivity contribution in [1.29, 1.82) is 0 Å². The summed E-state index contributed by atoms with van der Waals surface area (Å²) in [6.07, 6.45) is 7.02. The van der Waals surface area contributed by atoms with Crippen LogP contribution in [0.3, 0.4) is 0 Å². The first-order valence-electron chi connectivity index (χ1n) is 4.81. The first-order valence-corrected chi connectivity index (χ1v) is 4.81. The van der Waals surface area contributed by atoms with Gasteiger partial charge < -0.3 is 11.2 Å². The minimum atomic E-state index is 0. The first-order chi connectivity index (χ1) is 4.96. The van der Waals surface area contributed by atoms with Gasteiger partial charge in [-0.3, -0.25) is 0 Å². The molecule has 1 aliphatic carbocycles. The van der Waals surface area contributed by atoms with E-state index in [-0.39, 0.29) is 11.0 Å². The molecule has 12 heavy (non-hydrogen) atoms. The number of quaternary nitrogens is 1. The van der Waals surface area contributed by atoms with E-state index in [1.54, 1.807) is 0 Å². The third kappa shape index (κ3) is 2.20. The van der Waals surface area contributed by atoms with Gasteiger partial charge in [-0.2, -0.15) is 0 Å². The van der Waals surface area contributed by atoms with E-state index in [1.165, 1.54) is 32.1 Å². The summed E-state index contributed by atoms with van der Waals surface area (Å²) in [5.74, 6) is 0. The Balaban J connectivity index is 0.00000121. The predicted molar refractivity (Wildman–Crippen MR) is 50.1 cm³/mol. The molecule has 4 N–H and O–H groups in total. The molecule has 1 fully saturated rings. The van der Waals surface area contributed by atoms with Crippen molar-refractivity contribution in [3.05, 3.63) is 0 Å². The maximum Gasteiger partial charge on any atom is 0.0942 e. The minimum Gasteiger partial charge on any atom is -0.870 e. The highest BCUT2D eigenvalue weighted by molar-refractivity contribution is 4.90. The molecule has 0 spiro atoms. The summed E-state index contributed by atoms with van der Waals surface area (Å²) < 4.78 is 0. The number of hydrogen-bond acceptors (Lipinski definition) is 1. The Morgan fingerprint density at radius 2 is 1.50 bits per heavy atom. The number of rotatable bonds is 1. The Kier molecular flexibility index (Phi) is 3.73. The molecule has 2 heteroatoms. The highest BCUT2D eigenvalue weighted by Gasteiger charge is 2.41. The second-order valence-electron chi connectivity index (χ2n) is 5.01. The van der Waals surface area contributed by atoms with Crippen LogP contribution in [0.2, 0.25) is 0 Å². The average Bonchev–Trinajstić information content (AvgIpc) is 1.87. The van der Waals surface area contributed by atoms with E-state index in [9.17, 15) is 0 Å². The summed E-state index contributed by atoms with van der Waals surface area (Å²) in [6.45, 7) is 6.95. The van der Waals surface area contributed by atoms with Crippen molar-refractivity contribution in [2.75, 3.05) is 0 Å². The van der Waals surface area contributed by atoms with Crippen LogP contribution < -0.4 is 5.73 Å². The second kappa shape index (κ2) is 3.75. The van der Waals surface area contributed by atoms with Gasteiger partial charge in [0.05, 0.1) is 5.54 Å². The van der Waals surface area contributed by atoms with Gasteiger partial charge in [0.1, 0.15) is 0 Å². The van der Waals surface area contributed by atoms with Gasteiger partial charge in [0.25, 0.3) is 0 Å². The molecule has 2 nitrogen and oxygen atoms in total. The maximum absolute atomic E-state index is 4.27. The Morgan fingerprint density at radius 3 is 1.75 bits per heavy atom. The third-order valence-electron chi connectivity index (χ3n) is 3.59. The van der Waals surface area contributed by atoms with Gasteiger partial charge in [0.15, 0.2) is 0 Å². The minimum absolute atomic E-state index is 0. The van der Waals surface area contributed by atoms with Crippen molar-refractivity contribution in [2.24, 2.45) is 5.41 Å². The Morgan fingerprint density at radius 1 is 1.08 bits per heavy atom. The first kappa shape index (κ1) is 11.9. The summed E-state index contributed by atoms with van der Waals surface area (Å²) in [7, 11) is 0. The van der Waals surface area contributed by atoms with Crippen LogP contribution in [0, 0.1) is 5.41 Å². The van der Waals surface area contributed by atoms with Gasteiger partial charge in [-0.15, -0.1) is 0 Å². The van der Waals surface area contributed by atoms with Crippen LogP contribution in [0.5, 0.6) is 0 Å². The highest BCUT2D eigenvalue weighted by Crippen LogP contribution is 2.41. The van der Waals surface area contributed by atoms with Crippen LogP contribution in [-0.4, -0.2) is 11.0 Å². The lowest BCUT2D eigenvalue weighted by atomic mass is 9.65. The molecule has 1 saturated carbocycles. The van der Waals surface area contributed by atoms with Crippen molar-refractivity contribution in [3.8, 4) is 0 Å². The van der Waals surface area contributed by atoms with Gasteiger partial charge in [-0.05, 0) is 26.7 Å². The summed E-state index contributed by atoms with van der Waals surface area (Å²) >= 11 is 0. The molecule has 0 saturated heterocycles. The molecule has 0 aliphatic heterocycles. The van der Waals surface area contributed by atoms with Gasteiger partial charge >= 0.3 is 0 Å². The topological polar surface area (TPSA) is 57.6 Å². The molecule has 0 atom stereocenters. The zero-order valence-electron chi connectivity index (χ0n) is 8.69. The van der Waals surface area contributed by atoms with Gasteiger partial charge in [0, 0.05) is 5.41 Å². The fourth-order valence-electron chi connectivity index (χ4n) is 2.01. The lowest BCUT2D eigenvalue weighted by molar-refractivity contribution is -0.496. The van der Waals surface area contributed by atoms with Crippen LogP contribution in [0.4, 0.5) is 0 Å². The van der Waals surface area contributed by atoms with Gasteiger partial charge in [-0.1, -0.05) is 26.2 Å². The zero-order chi connectivity index (χ0) is 8.54. The van der Waals surface area contributed by atoms with Crippen LogP contribution in [0.25, 0.3) is 0 Å². The monoisotopic (exact) mass is 173 g/mol. The molecular formula is C10H23NO. The standard InChI is InChI=1S/C10H21N.H2O/c1-9(2,11)10(3)7-5-4-6-8-10;/h4-8,11H2,1-3H3;1H2. The van der Waals surface area contributed by atoms with Crippen LogP contribution in [0.15, 0.2) is 0 Å². The van der Waals surface area contributed by atoms with Crippen LogP contribution in [0.1, 0.15) is 52.9 Å². The molecule has 0 aromatic heterocycles. The van der Waals surface area contributed by atoms with Gasteiger partial charge in [-0.25, -0.2) is 0 Å². The van der Waals surface area contributed by atoms with Crippen molar-refractivity contribution in [1.82, 2.24) is 0 Å². The van der Waals surface area contributed by atoms with Crippen molar-refractivity contribution in [2.45, 2.75) is 58.4 Å². The van der Waals surface area contributed by atoms with E-state index in [0.29, 0.717) is 5.41 Å². The Bertz CT molecular complexity index is 131. The number of hydrogen-bond donors (Lipinski definition) is 1. The van der Waals surface area contributed by atoms with Gasteiger partial charge in [0.2, 0.25) is 0 Å². The molecule has 0 aromatic rings. The quantitative estimate of drug-likeness (QED) is 0.646. The highest BCUT2D eigenvalue weighted by atomic mass is 16.0. The largest absolute Gasteiger partial charge is 0.870 e. The molecule has 1 aliphatic rings. The normalized spacial score (nSPS) is 23.0. The van der Waals surface area contributed by atoms with E-state index in [4.69, 9.17) is 0 Å². The fourth-order valence-corrected chi connectivity index (χ4v) is 2.01. The molecular weight excluding hydrogens is 150 g/mol. The van der Waals surface area contributed by atoms with E-state index in [1.807, 2.05) is 0 Å². The smallest absolute Gasteiger partial charge is 0.0942 e. The summed E-state index contributed by atoms with van der Waals surface area (Å²) in [6, 6.07) is 0.